The van der Waals surface area contributed by atoms with E-state index in [-0.39, 0.29) is 12.7 Å². The minimum atomic E-state index is -2.26. The van der Waals surface area contributed by atoms with E-state index in [4.69, 9.17) is 27.8 Å². The fraction of sp³-hybridized carbons (Fsp3) is 0.273. The summed E-state index contributed by atoms with van der Waals surface area (Å²) in [7, 11) is -4.45. The molecule has 0 bridgehead atoms. The molecule has 1 saturated heterocycles. The fourth-order valence-corrected chi connectivity index (χ4v) is 14.4. The molecule has 0 radical (unpaired) electrons. The van der Waals surface area contributed by atoms with E-state index in [0.29, 0.717) is 31.2 Å². The second kappa shape index (κ2) is 28.9. The average molecular weight is 1050 g/mol. The number of phenolic OH excluding ortho intramolecular Hbond substituents is 1. The van der Waals surface area contributed by atoms with Crippen molar-refractivity contribution in [1.82, 2.24) is 0 Å². The first-order valence-corrected chi connectivity index (χ1v) is 31.5. The van der Waals surface area contributed by atoms with Crippen molar-refractivity contribution in [3.05, 3.63) is 241 Å². The monoisotopic (exact) mass is 1050 g/mol. The SMILES string of the molecule is C[Si](OCCCc1ccc(O)cc1)(c1ccccc1)c1ccccc1.Cc1ccc(OC(C)C(O)COc2ccc(CCCO[Si](C)(c3ccccc3)c3ccccc3)cc2)cc1.Cc1ccc(OCC2OC2C)cc1. The van der Waals surface area contributed by atoms with Crippen LogP contribution in [-0.4, -0.2) is 77.7 Å². The molecule has 9 rings (SSSR count). The Morgan fingerprint density at radius 1 is 0.487 bits per heavy atom. The number of phenols is 1. The van der Waals surface area contributed by atoms with Gasteiger partial charge < -0.3 is 38.0 Å². The number of epoxide rings is 1. The van der Waals surface area contributed by atoms with Crippen molar-refractivity contribution in [1.29, 1.82) is 0 Å². The topological polar surface area (TPSA) is 99.1 Å². The lowest BCUT2D eigenvalue weighted by Crippen LogP contribution is -2.58. The largest absolute Gasteiger partial charge is 0.508 e. The van der Waals surface area contributed by atoms with Gasteiger partial charge in [0.15, 0.2) is 0 Å². The van der Waals surface area contributed by atoms with Gasteiger partial charge in [0.25, 0.3) is 16.6 Å². The fourth-order valence-electron chi connectivity index (χ4n) is 8.66. The van der Waals surface area contributed by atoms with Crippen molar-refractivity contribution < 1.29 is 38.0 Å². The van der Waals surface area contributed by atoms with Crippen LogP contribution in [0.4, 0.5) is 0 Å². The summed E-state index contributed by atoms with van der Waals surface area (Å²) in [5.41, 5.74) is 4.89. The van der Waals surface area contributed by atoms with Crippen molar-refractivity contribution in [2.75, 3.05) is 26.4 Å². The highest BCUT2D eigenvalue weighted by atomic mass is 28.4. The number of benzene rings is 8. The lowest BCUT2D eigenvalue weighted by atomic mass is 10.1. The summed E-state index contributed by atoms with van der Waals surface area (Å²) in [5, 5.41) is 25.0. The molecule has 1 aliphatic rings. The maximum absolute atomic E-state index is 10.5. The number of ether oxygens (including phenoxy) is 4. The van der Waals surface area contributed by atoms with Gasteiger partial charge in [0, 0.05) is 13.2 Å². The summed E-state index contributed by atoms with van der Waals surface area (Å²) in [4.78, 5) is 0. The van der Waals surface area contributed by atoms with Crippen LogP contribution in [0.15, 0.2) is 218 Å². The summed E-state index contributed by atoms with van der Waals surface area (Å²) in [6.07, 6.45) is 3.36. The second-order valence-electron chi connectivity index (χ2n) is 19.8. The van der Waals surface area contributed by atoms with Gasteiger partial charge in [-0.3, -0.25) is 0 Å². The zero-order valence-electron chi connectivity index (χ0n) is 45.1. The molecule has 1 fully saturated rings. The van der Waals surface area contributed by atoms with Crippen molar-refractivity contribution in [3.8, 4) is 23.0 Å². The molecule has 0 spiro atoms. The first-order chi connectivity index (χ1) is 36.9. The number of rotatable bonds is 23. The lowest BCUT2D eigenvalue weighted by Gasteiger charge is -2.28. The van der Waals surface area contributed by atoms with Crippen LogP contribution in [0, 0.1) is 13.8 Å². The summed E-state index contributed by atoms with van der Waals surface area (Å²) >= 11 is 0. The van der Waals surface area contributed by atoms with Crippen LogP contribution < -0.4 is 35.0 Å². The molecule has 0 saturated carbocycles. The van der Waals surface area contributed by atoms with Crippen LogP contribution in [0.5, 0.6) is 23.0 Å². The number of aryl methyl sites for hydroxylation is 4. The van der Waals surface area contributed by atoms with Crippen LogP contribution in [0.3, 0.4) is 0 Å². The summed E-state index contributed by atoms with van der Waals surface area (Å²) < 4.78 is 35.6. The van der Waals surface area contributed by atoms with Crippen LogP contribution in [0.1, 0.15) is 48.9 Å². The summed E-state index contributed by atoms with van der Waals surface area (Å²) in [6.45, 7) is 14.8. The lowest BCUT2D eigenvalue weighted by molar-refractivity contribution is 0.0152. The highest BCUT2D eigenvalue weighted by molar-refractivity contribution is 6.97. The summed E-state index contributed by atoms with van der Waals surface area (Å²) in [6, 6.07) is 73.8. The van der Waals surface area contributed by atoms with Crippen LogP contribution in [0.25, 0.3) is 0 Å². The van der Waals surface area contributed by atoms with Crippen LogP contribution in [-0.2, 0) is 26.4 Å². The molecule has 8 aromatic carbocycles. The Morgan fingerprint density at radius 3 is 1.24 bits per heavy atom. The van der Waals surface area contributed by atoms with Crippen molar-refractivity contribution in [2.45, 2.75) is 90.9 Å². The van der Waals surface area contributed by atoms with E-state index in [9.17, 15) is 10.2 Å². The molecule has 0 aliphatic carbocycles. The van der Waals surface area contributed by atoms with E-state index in [0.717, 1.165) is 49.5 Å². The van der Waals surface area contributed by atoms with Gasteiger partial charge in [-0.15, -0.1) is 0 Å². The minimum Gasteiger partial charge on any atom is -0.508 e. The molecule has 396 valence electrons. The Bertz CT molecular complexity index is 2780. The van der Waals surface area contributed by atoms with Crippen molar-refractivity contribution >= 4 is 37.4 Å². The number of hydrogen-bond acceptors (Lipinski definition) is 8. The van der Waals surface area contributed by atoms with Gasteiger partial charge in [0.05, 0.1) is 6.10 Å². The smallest absolute Gasteiger partial charge is 0.252 e. The predicted octanol–water partition coefficient (Wildman–Crippen LogP) is 11.4. The Balaban J connectivity index is 0.000000188. The maximum Gasteiger partial charge on any atom is 0.252 e. The zero-order valence-corrected chi connectivity index (χ0v) is 47.1. The third-order valence-electron chi connectivity index (χ3n) is 13.7. The molecule has 0 amide bonds. The Kier molecular flexibility index (Phi) is 21.7. The van der Waals surface area contributed by atoms with Crippen LogP contribution >= 0.6 is 0 Å². The molecule has 4 unspecified atom stereocenters. The molecule has 0 aromatic heterocycles. The van der Waals surface area contributed by atoms with Gasteiger partial charge in [-0.2, -0.15) is 0 Å². The van der Waals surface area contributed by atoms with Gasteiger partial charge in [-0.1, -0.05) is 181 Å². The number of aliphatic hydroxyl groups excluding tert-OH is 1. The Hall–Kier alpha value is -6.77. The van der Waals surface area contributed by atoms with Crippen LogP contribution in [0.2, 0.25) is 13.1 Å². The third-order valence-corrected chi connectivity index (χ3v) is 21.0. The predicted molar refractivity (Wildman–Crippen MR) is 314 cm³/mol. The van der Waals surface area contributed by atoms with Gasteiger partial charge >= 0.3 is 0 Å². The highest BCUT2D eigenvalue weighted by Gasteiger charge is 2.36. The molecule has 2 N–H and O–H groups in total. The number of aromatic hydroxyl groups is 1. The maximum atomic E-state index is 10.5. The molecule has 10 heteroatoms. The summed E-state index contributed by atoms with van der Waals surface area (Å²) in [5.74, 6) is 2.71. The first kappa shape index (κ1) is 56.9. The van der Waals surface area contributed by atoms with E-state index in [1.165, 1.54) is 43.0 Å². The Labute approximate surface area is 454 Å². The minimum absolute atomic E-state index is 0.169. The van der Waals surface area contributed by atoms with E-state index in [1.807, 2.05) is 98.8 Å². The van der Waals surface area contributed by atoms with Gasteiger partial charge in [-0.05, 0) is 147 Å². The van der Waals surface area contributed by atoms with Gasteiger partial charge in [0.2, 0.25) is 0 Å². The number of aliphatic hydroxyl groups is 1. The Morgan fingerprint density at radius 2 is 0.842 bits per heavy atom. The quantitative estimate of drug-likeness (QED) is 0.0371. The van der Waals surface area contributed by atoms with E-state index in [1.54, 1.807) is 12.1 Å². The van der Waals surface area contributed by atoms with E-state index < -0.39 is 22.7 Å². The molecule has 1 heterocycles. The van der Waals surface area contributed by atoms with Crippen molar-refractivity contribution in [2.24, 2.45) is 0 Å². The molecule has 76 heavy (non-hydrogen) atoms. The molecule has 1 aliphatic heterocycles. The third kappa shape index (κ3) is 17.7. The van der Waals surface area contributed by atoms with Gasteiger partial charge in [-0.25, -0.2) is 0 Å². The first-order valence-electron chi connectivity index (χ1n) is 26.6. The van der Waals surface area contributed by atoms with Gasteiger partial charge in [0.1, 0.15) is 54.5 Å². The average Bonchev–Trinajstić information content (AvgIpc) is 4.19. The van der Waals surface area contributed by atoms with Crippen molar-refractivity contribution in [3.63, 3.8) is 0 Å². The second-order valence-corrected chi connectivity index (χ2v) is 26.8. The zero-order chi connectivity index (χ0) is 53.6. The normalized spacial score (nSPS) is 14.7. The highest BCUT2D eigenvalue weighted by Crippen LogP contribution is 2.23. The van der Waals surface area contributed by atoms with E-state index in [2.05, 4.69) is 148 Å². The number of hydrogen-bond donors (Lipinski definition) is 2. The molecular formula is C66H76O8Si2. The molecular weight excluding hydrogens is 977 g/mol. The van der Waals surface area contributed by atoms with E-state index >= 15 is 0 Å². The molecule has 8 nitrogen and oxygen atoms in total. The molecule has 4 atom stereocenters. The standard InChI is InChI=1S/C33H38O4Si.C22H24O2Si.C11H14O2/c1-26-16-20-30(21-17-26)37-27(2)33(34)25-35-29-22-18-28(19-23-29)11-10-24-36-38(3,31-12-6-4-7-13-31)32-14-8-5-9-15-32;1-25(21-10-4-2-5-11-21,22-12-6-3-7-13-22)24-18-8-9-19-14-16-20(23)17-15-19;1-8-3-5-10(6-4-8)12-7-11-9(2)13-11/h4-9,12-23,27,33-34H,10-11,24-25H2,1-3H3;2-7,10-17,23H,8-9,18H2,1H3;3-6,9,11H,7H2,1-2H3. The molecule has 8 aromatic rings.